The van der Waals surface area contributed by atoms with Gasteiger partial charge in [0.05, 0.1) is 13.2 Å². The molecule has 0 bridgehead atoms. The lowest BCUT2D eigenvalue weighted by Gasteiger charge is -2.28. The first-order valence-electron chi connectivity index (χ1n) is 5.66. The molecule has 4 nitrogen and oxygen atoms in total. The lowest BCUT2D eigenvalue weighted by atomic mass is 9.97. The Morgan fingerprint density at radius 3 is 2.60 bits per heavy atom. The maximum absolute atomic E-state index is 11.7. The average molecular weight is 215 g/mol. The normalized spacial score (nSPS) is 21.3. The lowest BCUT2D eigenvalue weighted by molar-refractivity contribution is -0.148. The Kier molecular flexibility index (Phi) is 4.54. The van der Waals surface area contributed by atoms with E-state index in [4.69, 9.17) is 4.74 Å². The molecule has 4 heteroatoms. The highest BCUT2D eigenvalue weighted by Gasteiger charge is 2.41. The molecule has 0 aliphatic heterocycles. The number of hydrogen-bond acceptors (Lipinski definition) is 4. The number of carbonyl (C=O) groups excluding carboxylic acids is 1. The van der Waals surface area contributed by atoms with E-state index < -0.39 is 5.54 Å². The predicted octanol–water partition coefficient (Wildman–Crippen LogP) is 0.833. The summed E-state index contributed by atoms with van der Waals surface area (Å²) in [7, 11) is 1.42. The fourth-order valence-electron chi connectivity index (χ4n) is 2.08. The molecule has 0 aromatic rings. The second-order valence-electron chi connectivity index (χ2n) is 4.22. The minimum Gasteiger partial charge on any atom is -0.468 e. The van der Waals surface area contributed by atoms with Crippen LogP contribution in [0.2, 0.25) is 0 Å². The van der Waals surface area contributed by atoms with Gasteiger partial charge in [0, 0.05) is 6.54 Å². The number of aliphatic hydroxyl groups is 1. The molecule has 0 radical (unpaired) electrons. The van der Waals surface area contributed by atoms with Crippen molar-refractivity contribution in [3.05, 3.63) is 0 Å². The minimum absolute atomic E-state index is 0.191. The zero-order valence-corrected chi connectivity index (χ0v) is 9.58. The number of hydrogen-bond donors (Lipinski definition) is 2. The van der Waals surface area contributed by atoms with E-state index in [1.54, 1.807) is 0 Å². The zero-order valence-electron chi connectivity index (χ0n) is 9.58. The Bertz CT molecular complexity index is 212. The third kappa shape index (κ3) is 2.92. The Balaban J connectivity index is 2.54. The van der Waals surface area contributed by atoms with Crippen molar-refractivity contribution in [3.63, 3.8) is 0 Å². The highest BCUT2D eigenvalue weighted by Crippen LogP contribution is 2.30. The molecule has 1 aliphatic carbocycles. The summed E-state index contributed by atoms with van der Waals surface area (Å²) in [5.74, 6) is -0.191. The van der Waals surface area contributed by atoms with Crippen molar-refractivity contribution in [2.24, 2.45) is 0 Å². The van der Waals surface area contributed by atoms with Crippen LogP contribution in [0.25, 0.3) is 0 Å². The molecule has 2 N–H and O–H groups in total. The van der Waals surface area contributed by atoms with Crippen LogP contribution in [0.1, 0.15) is 39.0 Å². The standard InChI is InChI=1S/C11H21NO3/c1-3-9(13)8-12-11(10(14)15-2)6-4-5-7-11/h9,12-13H,3-8H2,1-2H3/t9-/m1/s1. The van der Waals surface area contributed by atoms with Gasteiger partial charge in [0.15, 0.2) is 0 Å². The molecule has 0 amide bonds. The van der Waals surface area contributed by atoms with Crippen LogP contribution in [0, 0.1) is 0 Å². The topological polar surface area (TPSA) is 58.6 Å². The van der Waals surface area contributed by atoms with Gasteiger partial charge in [0.1, 0.15) is 5.54 Å². The van der Waals surface area contributed by atoms with E-state index in [0.29, 0.717) is 13.0 Å². The van der Waals surface area contributed by atoms with Gasteiger partial charge in [-0.25, -0.2) is 0 Å². The van der Waals surface area contributed by atoms with E-state index in [1.165, 1.54) is 7.11 Å². The Morgan fingerprint density at radius 2 is 2.13 bits per heavy atom. The molecule has 1 fully saturated rings. The van der Waals surface area contributed by atoms with Gasteiger partial charge in [-0.1, -0.05) is 19.8 Å². The SMILES string of the molecule is CC[C@@H](O)CNC1(C(=O)OC)CCCC1. The summed E-state index contributed by atoms with van der Waals surface area (Å²) < 4.78 is 4.82. The van der Waals surface area contributed by atoms with E-state index in [1.807, 2.05) is 6.92 Å². The van der Waals surface area contributed by atoms with Gasteiger partial charge >= 0.3 is 5.97 Å². The average Bonchev–Trinajstić information content (AvgIpc) is 2.74. The second-order valence-corrected chi connectivity index (χ2v) is 4.22. The summed E-state index contributed by atoms with van der Waals surface area (Å²) in [6.45, 7) is 2.39. The fourth-order valence-corrected chi connectivity index (χ4v) is 2.08. The van der Waals surface area contributed by atoms with Crippen LogP contribution in [0.4, 0.5) is 0 Å². The summed E-state index contributed by atoms with van der Waals surface area (Å²) >= 11 is 0. The van der Waals surface area contributed by atoms with Gasteiger partial charge in [-0.05, 0) is 19.3 Å². The van der Waals surface area contributed by atoms with Gasteiger partial charge < -0.3 is 9.84 Å². The van der Waals surface area contributed by atoms with Crippen molar-refractivity contribution in [3.8, 4) is 0 Å². The molecule has 1 rings (SSSR count). The first-order chi connectivity index (χ1) is 7.14. The zero-order chi connectivity index (χ0) is 11.3. The third-order valence-corrected chi connectivity index (χ3v) is 3.18. The van der Waals surface area contributed by atoms with Gasteiger partial charge in [0.2, 0.25) is 0 Å². The lowest BCUT2D eigenvalue weighted by Crippen LogP contribution is -2.52. The summed E-state index contributed by atoms with van der Waals surface area (Å²) in [5, 5.41) is 12.6. The molecule has 0 heterocycles. The quantitative estimate of drug-likeness (QED) is 0.667. The third-order valence-electron chi connectivity index (χ3n) is 3.18. The summed E-state index contributed by atoms with van der Waals surface area (Å²) in [6.07, 6.45) is 4.04. The van der Waals surface area contributed by atoms with E-state index in [2.05, 4.69) is 5.32 Å². The number of esters is 1. The Hall–Kier alpha value is -0.610. The molecule has 0 spiro atoms. The highest BCUT2D eigenvalue weighted by atomic mass is 16.5. The molecule has 88 valence electrons. The van der Waals surface area contributed by atoms with Crippen molar-refractivity contribution < 1.29 is 14.6 Å². The van der Waals surface area contributed by atoms with Crippen molar-refractivity contribution in [2.75, 3.05) is 13.7 Å². The van der Waals surface area contributed by atoms with Crippen LogP contribution in [0.5, 0.6) is 0 Å². The van der Waals surface area contributed by atoms with Crippen molar-refractivity contribution in [2.45, 2.75) is 50.7 Å². The van der Waals surface area contributed by atoms with E-state index in [9.17, 15) is 9.90 Å². The van der Waals surface area contributed by atoms with Crippen molar-refractivity contribution in [1.82, 2.24) is 5.32 Å². The van der Waals surface area contributed by atoms with Gasteiger partial charge in [0.25, 0.3) is 0 Å². The molecule has 1 aliphatic rings. The summed E-state index contributed by atoms with van der Waals surface area (Å²) in [5.41, 5.74) is -0.537. The molecule has 0 aromatic heterocycles. The maximum Gasteiger partial charge on any atom is 0.326 e. The predicted molar refractivity (Wildman–Crippen MR) is 57.5 cm³/mol. The molecule has 15 heavy (non-hydrogen) atoms. The number of carbonyl (C=O) groups is 1. The smallest absolute Gasteiger partial charge is 0.326 e. The number of aliphatic hydroxyl groups excluding tert-OH is 1. The first kappa shape index (κ1) is 12.5. The number of β-amino-alcohol motifs (C(OH)–C–C–N with tert-alkyl or cyclic N) is 1. The summed E-state index contributed by atoms with van der Waals surface area (Å²) in [4.78, 5) is 11.7. The Morgan fingerprint density at radius 1 is 1.53 bits per heavy atom. The van der Waals surface area contributed by atoms with Crippen molar-refractivity contribution >= 4 is 5.97 Å². The van der Waals surface area contributed by atoms with Gasteiger partial charge in [-0.3, -0.25) is 10.1 Å². The molecule has 0 aromatic carbocycles. The largest absolute Gasteiger partial charge is 0.468 e. The van der Waals surface area contributed by atoms with Crippen molar-refractivity contribution in [1.29, 1.82) is 0 Å². The van der Waals surface area contributed by atoms with Crippen LogP contribution in [-0.4, -0.2) is 36.4 Å². The van der Waals surface area contributed by atoms with Crippen LogP contribution >= 0.6 is 0 Å². The second kappa shape index (κ2) is 5.47. The van der Waals surface area contributed by atoms with E-state index in [-0.39, 0.29) is 12.1 Å². The number of rotatable bonds is 5. The van der Waals surface area contributed by atoms with E-state index >= 15 is 0 Å². The fraction of sp³-hybridized carbons (Fsp3) is 0.909. The highest BCUT2D eigenvalue weighted by molar-refractivity contribution is 5.81. The molecule has 0 unspecified atom stereocenters. The Labute approximate surface area is 91.0 Å². The molecule has 1 saturated carbocycles. The molecule has 0 saturated heterocycles. The summed E-state index contributed by atoms with van der Waals surface area (Å²) in [6, 6.07) is 0. The molecular formula is C11H21NO3. The molecular weight excluding hydrogens is 194 g/mol. The number of methoxy groups -OCH3 is 1. The van der Waals surface area contributed by atoms with Crippen LogP contribution < -0.4 is 5.32 Å². The number of ether oxygens (including phenoxy) is 1. The van der Waals surface area contributed by atoms with Gasteiger partial charge in [-0.15, -0.1) is 0 Å². The maximum atomic E-state index is 11.7. The van der Waals surface area contributed by atoms with Crippen LogP contribution in [0.3, 0.4) is 0 Å². The van der Waals surface area contributed by atoms with Gasteiger partial charge in [-0.2, -0.15) is 0 Å². The minimum atomic E-state index is -0.537. The monoisotopic (exact) mass is 215 g/mol. The first-order valence-corrected chi connectivity index (χ1v) is 5.66. The number of nitrogens with one attached hydrogen (secondary N) is 1. The molecule has 1 atom stereocenters. The van der Waals surface area contributed by atoms with Crippen LogP contribution in [-0.2, 0) is 9.53 Å². The van der Waals surface area contributed by atoms with Crippen LogP contribution in [0.15, 0.2) is 0 Å². The van der Waals surface area contributed by atoms with E-state index in [0.717, 1.165) is 25.7 Å².